The van der Waals surface area contributed by atoms with Crippen molar-refractivity contribution in [1.82, 2.24) is 10.3 Å². The lowest BCUT2D eigenvalue weighted by Crippen LogP contribution is -2.32. The lowest BCUT2D eigenvalue weighted by molar-refractivity contribution is 0.194. The number of anilines is 3. The highest BCUT2D eigenvalue weighted by Crippen LogP contribution is 2.45. The molecule has 1 aliphatic heterocycles. The Kier molecular flexibility index (Phi) is 6.65. The number of hydrogen-bond donors (Lipinski definition) is 5. The van der Waals surface area contributed by atoms with Gasteiger partial charge in [-0.2, -0.15) is 10.5 Å². The van der Waals surface area contributed by atoms with Crippen molar-refractivity contribution in [3.8, 4) is 23.8 Å². The first kappa shape index (κ1) is 22.0. The number of rotatable bonds is 6. The molecule has 1 aromatic heterocycles. The monoisotopic (exact) mass is 486 g/mol. The van der Waals surface area contributed by atoms with Crippen molar-refractivity contribution >= 4 is 39.2 Å². The summed E-state index contributed by atoms with van der Waals surface area (Å²) in [6.07, 6.45) is 1.80. The Morgan fingerprint density at radius 3 is 2.68 bits per heavy atom. The van der Waals surface area contributed by atoms with Gasteiger partial charge >= 0.3 is 0 Å². The number of nitriles is 2. The van der Waals surface area contributed by atoms with Crippen molar-refractivity contribution in [3.05, 3.63) is 33.3 Å². The van der Waals surface area contributed by atoms with Crippen LogP contribution in [0.5, 0.6) is 11.5 Å². The Hall–Kier alpha value is -3.74. The summed E-state index contributed by atoms with van der Waals surface area (Å²) in [5.74, 6) is 1.24. The molecule has 7 N–H and O–H groups in total. The van der Waals surface area contributed by atoms with Gasteiger partial charge < -0.3 is 31.4 Å². The molecule has 1 aromatic carbocycles. The van der Waals surface area contributed by atoms with E-state index in [4.69, 9.17) is 31.3 Å². The minimum absolute atomic E-state index is 0.0370. The van der Waals surface area contributed by atoms with Crippen LogP contribution in [0.15, 0.2) is 21.6 Å². The van der Waals surface area contributed by atoms with Gasteiger partial charge in [-0.25, -0.2) is 9.98 Å². The molecule has 1 unspecified atom stereocenters. The van der Waals surface area contributed by atoms with E-state index >= 15 is 0 Å². The molecule has 0 amide bonds. The van der Waals surface area contributed by atoms with Gasteiger partial charge in [0.2, 0.25) is 5.96 Å². The van der Waals surface area contributed by atoms with E-state index in [1.165, 1.54) is 0 Å². The molecule has 0 fully saturated rings. The average Bonchev–Trinajstić information content (AvgIpc) is 2.73. The van der Waals surface area contributed by atoms with E-state index in [1.807, 2.05) is 13.0 Å². The summed E-state index contributed by atoms with van der Waals surface area (Å²) in [6, 6.07) is 4.63. The largest absolute Gasteiger partial charge is 0.490 e. The quantitative estimate of drug-likeness (QED) is 0.296. The number of nitrogens with zero attached hydrogens (tertiary/aromatic N) is 4. The summed E-state index contributed by atoms with van der Waals surface area (Å²) in [4.78, 5) is 8.77. The standard InChI is InChI=1S/C19H19BrN8O3/c1-2-30-12-5-9(11(20)6-13(12)31-4-3-29)16-14-15(23)10(7-21)17(24)27-18(14)28-19(26-16)25-8-22/h5-6,16,29H,2-4H2,1H3,(H6,23,24,25,26,27,28). The number of guanidine groups is 1. The van der Waals surface area contributed by atoms with Gasteiger partial charge in [0.1, 0.15) is 35.9 Å². The highest BCUT2D eigenvalue weighted by Gasteiger charge is 2.31. The molecule has 0 spiro atoms. The third-order valence-corrected chi connectivity index (χ3v) is 5.05. The van der Waals surface area contributed by atoms with Gasteiger partial charge in [0, 0.05) is 10.0 Å². The number of nitrogens with one attached hydrogen (secondary N) is 2. The highest BCUT2D eigenvalue weighted by molar-refractivity contribution is 9.10. The van der Waals surface area contributed by atoms with Crippen LogP contribution in [0.1, 0.15) is 29.7 Å². The van der Waals surface area contributed by atoms with Gasteiger partial charge in [0.25, 0.3) is 0 Å². The maximum atomic E-state index is 9.45. The van der Waals surface area contributed by atoms with Crippen LogP contribution in [0.25, 0.3) is 0 Å². The Labute approximate surface area is 186 Å². The predicted molar refractivity (Wildman–Crippen MR) is 117 cm³/mol. The Morgan fingerprint density at radius 2 is 2.03 bits per heavy atom. The van der Waals surface area contributed by atoms with E-state index < -0.39 is 6.04 Å². The fourth-order valence-electron chi connectivity index (χ4n) is 3.10. The topological polar surface area (TPSA) is 188 Å². The molecule has 31 heavy (non-hydrogen) atoms. The fraction of sp³-hybridized carbons (Fsp3) is 0.263. The molecule has 0 aliphatic carbocycles. The number of aliphatic hydroxyl groups is 1. The number of halogens is 1. The van der Waals surface area contributed by atoms with E-state index in [9.17, 15) is 5.26 Å². The van der Waals surface area contributed by atoms with E-state index in [0.717, 1.165) is 0 Å². The maximum Gasteiger partial charge on any atom is 0.211 e. The predicted octanol–water partition coefficient (Wildman–Crippen LogP) is 1.59. The van der Waals surface area contributed by atoms with Crippen molar-refractivity contribution in [2.45, 2.75) is 13.0 Å². The Balaban J connectivity index is 2.23. The number of ether oxygens (including phenoxy) is 2. The van der Waals surface area contributed by atoms with Crippen molar-refractivity contribution in [2.75, 3.05) is 36.6 Å². The van der Waals surface area contributed by atoms with Gasteiger partial charge in [-0.3, -0.25) is 5.32 Å². The lowest BCUT2D eigenvalue weighted by atomic mass is 9.95. The minimum atomic E-state index is -0.743. The third-order valence-electron chi connectivity index (χ3n) is 4.36. The van der Waals surface area contributed by atoms with Crippen molar-refractivity contribution in [1.29, 1.82) is 10.5 Å². The van der Waals surface area contributed by atoms with Crippen LogP contribution in [-0.4, -0.2) is 35.9 Å². The summed E-state index contributed by atoms with van der Waals surface area (Å²) in [5.41, 5.74) is 13.4. The SMILES string of the molecule is CCOc1cc(C2N=C(NC#N)Nc3nc(N)c(C#N)c(N)c32)c(Br)cc1OCCO. The van der Waals surface area contributed by atoms with Gasteiger partial charge in [-0.1, -0.05) is 15.9 Å². The normalized spacial score (nSPS) is 14.4. The summed E-state index contributed by atoms with van der Waals surface area (Å²) in [5, 5.41) is 32.9. The smallest absolute Gasteiger partial charge is 0.211 e. The van der Waals surface area contributed by atoms with E-state index in [2.05, 4.69) is 36.5 Å². The van der Waals surface area contributed by atoms with Crippen LogP contribution in [0, 0.1) is 22.8 Å². The van der Waals surface area contributed by atoms with Crippen LogP contribution in [0.4, 0.5) is 17.3 Å². The van der Waals surface area contributed by atoms with E-state index in [0.29, 0.717) is 33.7 Å². The molecule has 160 valence electrons. The van der Waals surface area contributed by atoms with E-state index in [1.54, 1.807) is 18.3 Å². The molecule has 1 atom stereocenters. The van der Waals surface area contributed by atoms with Gasteiger partial charge in [-0.05, 0) is 24.6 Å². The molecule has 0 saturated heterocycles. The molecule has 0 saturated carbocycles. The summed E-state index contributed by atoms with van der Waals surface area (Å²) >= 11 is 3.52. The van der Waals surface area contributed by atoms with Gasteiger partial charge in [0.05, 0.1) is 18.9 Å². The first-order valence-corrected chi connectivity index (χ1v) is 9.93. The second-order valence-corrected chi connectivity index (χ2v) is 7.08. The number of aliphatic imine (C=N–C) groups is 1. The molecule has 11 nitrogen and oxygen atoms in total. The molecule has 0 radical (unpaired) electrons. The van der Waals surface area contributed by atoms with Gasteiger partial charge in [0.15, 0.2) is 17.7 Å². The minimum Gasteiger partial charge on any atom is -0.490 e. The number of fused-ring (bicyclic) bond motifs is 1. The summed E-state index contributed by atoms with van der Waals surface area (Å²) in [6.45, 7) is 2.15. The zero-order valence-corrected chi connectivity index (χ0v) is 18.0. The van der Waals surface area contributed by atoms with Crippen LogP contribution in [0.3, 0.4) is 0 Å². The van der Waals surface area contributed by atoms with E-state index in [-0.39, 0.29) is 42.1 Å². The number of nitrogen functional groups attached to an aromatic ring is 2. The molecular formula is C19H19BrN8O3. The van der Waals surface area contributed by atoms with Crippen LogP contribution in [-0.2, 0) is 0 Å². The molecule has 1 aliphatic rings. The number of aromatic nitrogens is 1. The number of benzene rings is 1. The molecule has 2 aromatic rings. The Bertz CT molecular complexity index is 1120. The lowest BCUT2D eigenvalue weighted by Gasteiger charge is -2.27. The molecular weight excluding hydrogens is 468 g/mol. The highest BCUT2D eigenvalue weighted by atomic mass is 79.9. The van der Waals surface area contributed by atoms with Crippen LogP contribution in [0.2, 0.25) is 0 Å². The Morgan fingerprint density at radius 1 is 1.29 bits per heavy atom. The molecule has 2 heterocycles. The number of pyridine rings is 1. The zero-order chi connectivity index (χ0) is 22.5. The van der Waals surface area contributed by atoms with Gasteiger partial charge in [-0.15, -0.1) is 0 Å². The summed E-state index contributed by atoms with van der Waals surface area (Å²) in [7, 11) is 0. The number of hydrogen-bond acceptors (Lipinski definition) is 11. The van der Waals surface area contributed by atoms with Crippen molar-refractivity contribution in [3.63, 3.8) is 0 Å². The van der Waals surface area contributed by atoms with Crippen molar-refractivity contribution < 1.29 is 14.6 Å². The van der Waals surface area contributed by atoms with Crippen LogP contribution >= 0.6 is 15.9 Å². The first-order chi connectivity index (χ1) is 14.9. The number of nitrogens with two attached hydrogens (primary N) is 2. The van der Waals surface area contributed by atoms with Crippen LogP contribution < -0.4 is 31.6 Å². The average molecular weight is 487 g/mol. The zero-order valence-electron chi connectivity index (χ0n) is 16.4. The first-order valence-electron chi connectivity index (χ1n) is 9.13. The second-order valence-electron chi connectivity index (χ2n) is 6.23. The fourth-order valence-corrected chi connectivity index (χ4v) is 3.64. The maximum absolute atomic E-state index is 9.45. The number of aliphatic hydroxyl groups excluding tert-OH is 1. The molecule has 0 bridgehead atoms. The summed E-state index contributed by atoms with van der Waals surface area (Å²) < 4.78 is 11.9. The second kappa shape index (κ2) is 9.38. The molecule has 12 heteroatoms. The van der Waals surface area contributed by atoms with Crippen molar-refractivity contribution in [2.24, 2.45) is 4.99 Å². The molecule has 3 rings (SSSR count). The third kappa shape index (κ3) is 4.26.